The van der Waals surface area contributed by atoms with E-state index in [9.17, 15) is 4.79 Å². The van der Waals surface area contributed by atoms with E-state index in [1.807, 2.05) is 0 Å². The van der Waals surface area contributed by atoms with Crippen LogP contribution in [0.15, 0.2) is 24.5 Å². The van der Waals surface area contributed by atoms with Crippen molar-refractivity contribution in [2.75, 3.05) is 6.54 Å². The van der Waals surface area contributed by atoms with E-state index < -0.39 is 0 Å². The number of carbonyl (C=O) groups excluding carboxylic acids is 1. The van der Waals surface area contributed by atoms with Gasteiger partial charge in [-0.2, -0.15) is 0 Å². The first-order valence-corrected chi connectivity index (χ1v) is 6.01. The zero-order valence-corrected chi connectivity index (χ0v) is 9.90. The lowest BCUT2D eigenvalue weighted by molar-refractivity contribution is 0.0953. The Kier molecular flexibility index (Phi) is 3.36. The summed E-state index contributed by atoms with van der Waals surface area (Å²) in [5, 5.41) is 2.89. The SMILES string of the molecule is O=C(NCC(Br)C1CC1)c1cccnc1. The standard InChI is InChI=1S/C11H13BrN2O/c12-10(8-3-4-8)7-14-11(15)9-2-1-5-13-6-9/h1-2,5-6,8,10H,3-4,7H2,(H,14,15). The molecule has 0 bridgehead atoms. The first-order valence-electron chi connectivity index (χ1n) is 5.09. The molecule has 1 fully saturated rings. The number of hydrogen-bond donors (Lipinski definition) is 1. The highest BCUT2D eigenvalue weighted by Gasteiger charge is 2.29. The number of hydrogen-bond acceptors (Lipinski definition) is 2. The van der Waals surface area contributed by atoms with E-state index in [1.165, 1.54) is 12.8 Å². The van der Waals surface area contributed by atoms with Crippen molar-refractivity contribution in [2.24, 2.45) is 5.92 Å². The van der Waals surface area contributed by atoms with Crippen molar-refractivity contribution < 1.29 is 4.79 Å². The summed E-state index contributed by atoms with van der Waals surface area (Å²) in [6.07, 6.45) is 5.79. The summed E-state index contributed by atoms with van der Waals surface area (Å²) in [5.41, 5.74) is 0.619. The van der Waals surface area contributed by atoms with Crippen molar-refractivity contribution >= 4 is 21.8 Å². The normalized spacial score (nSPS) is 17.1. The largest absolute Gasteiger partial charge is 0.351 e. The molecule has 0 saturated heterocycles. The van der Waals surface area contributed by atoms with Crippen LogP contribution in [-0.4, -0.2) is 22.3 Å². The predicted molar refractivity (Wildman–Crippen MR) is 62.0 cm³/mol. The molecule has 1 amide bonds. The van der Waals surface area contributed by atoms with Gasteiger partial charge in [-0.15, -0.1) is 0 Å². The molecule has 1 saturated carbocycles. The summed E-state index contributed by atoms with van der Waals surface area (Å²) < 4.78 is 0. The molecule has 1 aliphatic carbocycles. The maximum Gasteiger partial charge on any atom is 0.252 e. The first-order chi connectivity index (χ1) is 7.27. The van der Waals surface area contributed by atoms with E-state index in [1.54, 1.807) is 24.5 Å². The van der Waals surface area contributed by atoms with Gasteiger partial charge in [-0.3, -0.25) is 9.78 Å². The number of alkyl halides is 1. The molecule has 4 heteroatoms. The zero-order chi connectivity index (χ0) is 10.7. The van der Waals surface area contributed by atoms with Crippen molar-refractivity contribution in [1.29, 1.82) is 0 Å². The average Bonchev–Trinajstić information content (AvgIpc) is 3.10. The van der Waals surface area contributed by atoms with Crippen LogP contribution in [0.25, 0.3) is 0 Å². The molecule has 0 aliphatic heterocycles. The minimum Gasteiger partial charge on any atom is -0.351 e. The van der Waals surface area contributed by atoms with Gasteiger partial charge in [0.2, 0.25) is 0 Å². The van der Waals surface area contributed by atoms with Gasteiger partial charge in [0.15, 0.2) is 0 Å². The third-order valence-electron chi connectivity index (χ3n) is 2.51. The van der Waals surface area contributed by atoms with Gasteiger partial charge in [0.1, 0.15) is 0 Å². The second-order valence-electron chi connectivity index (χ2n) is 3.81. The molecular weight excluding hydrogens is 256 g/mol. The van der Waals surface area contributed by atoms with E-state index in [4.69, 9.17) is 0 Å². The van der Waals surface area contributed by atoms with Crippen LogP contribution in [0, 0.1) is 5.92 Å². The predicted octanol–water partition coefficient (Wildman–Crippen LogP) is 1.98. The van der Waals surface area contributed by atoms with Crippen molar-refractivity contribution in [1.82, 2.24) is 10.3 Å². The summed E-state index contributed by atoms with van der Waals surface area (Å²) in [6, 6.07) is 3.53. The van der Waals surface area contributed by atoms with E-state index in [2.05, 4.69) is 26.2 Å². The fourth-order valence-electron chi connectivity index (χ4n) is 1.41. The minimum atomic E-state index is -0.0480. The Morgan fingerprint density at radius 1 is 1.67 bits per heavy atom. The van der Waals surface area contributed by atoms with Gasteiger partial charge in [0.05, 0.1) is 5.56 Å². The highest BCUT2D eigenvalue weighted by atomic mass is 79.9. The van der Waals surface area contributed by atoms with Crippen LogP contribution < -0.4 is 5.32 Å². The van der Waals surface area contributed by atoms with E-state index in [0.717, 1.165) is 5.92 Å². The van der Waals surface area contributed by atoms with Gasteiger partial charge >= 0.3 is 0 Å². The van der Waals surface area contributed by atoms with Gasteiger partial charge < -0.3 is 5.32 Å². The number of pyridine rings is 1. The molecular formula is C11H13BrN2O. The van der Waals surface area contributed by atoms with Gasteiger partial charge in [0.25, 0.3) is 5.91 Å². The number of aromatic nitrogens is 1. The number of carbonyl (C=O) groups is 1. The molecule has 2 rings (SSSR count). The van der Waals surface area contributed by atoms with Crippen LogP contribution in [0.4, 0.5) is 0 Å². The fourth-order valence-corrected chi connectivity index (χ4v) is 2.10. The summed E-state index contributed by atoms with van der Waals surface area (Å²) in [4.78, 5) is 15.9. The highest BCUT2D eigenvalue weighted by Crippen LogP contribution is 2.36. The second-order valence-corrected chi connectivity index (χ2v) is 4.98. The molecule has 1 heterocycles. The average molecular weight is 269 g/mol. The molecule has 1 atom stereocenters. The Labute approximate surface area is 97.4 Å². The highest BCUT2D eigenvalue weighted by molar-refractivity contribution is 9.09. The molecule has 80 valence electrons. The molecule has 0 radical (unpaired) electrons. The maximum atomic E-state index is 11.6. The maximum absolute atomic E-state index is 11.6. The molecule has 3 nitrogen and oxygen atoms in total. The van der Waals surface area contributed by atoms with Gasteiger partial charge in [-0.1, -0.05) is 15.9 Å². The molecule has 0 spiro atoms. The van der Waals surface area contributed by atoms with Crippen LogP contribution in [0.3, 0.4) is 0 Å². The Bertz CT molecular complexity index is 338. The van der Waals surface area contributed by atoms with E-state index >= 15 is 0 Å². The lowest BCUT2D eigenvalue weighted by Gasteiger charge is -2.09. The quantitative estimate of drug-likeness (QED) is 0.849. The van der Waals surface area contributed by atoms with Crippen LogP contribution in [0.2, 0.25) is 0 Å². The Morgan fingerprint density at radius 2 is 2.47 bits per heavy atom. The van der Waals surface area contributed by atoms with E-state index in [0.29, 0.717) is 16.9 Å². The summed E-state index contributed by atoms with van der Waals surface area (Å²) in [7, 11) is 0. The Morgan fingerprint density at radius 3 is 3.07 bits per heavy atom. The number of amides is 1. The summed E-state index contributed by atoms with van der Waals surface area (Å²) in [6.45, 7) is 0.693. The zero-order valence-electron chi connectivity index (χ0n) is 8.32. The molecule has 15 heavy (non-hydrogen) atoms. The Balaban J connectivity index is 1.82. The van der Waals surface area contributed by atoms with Gasteiger partial charge in [-0.05, 0) is 30.9 Å². The van der Waals surface area contributed by atoms with Crippen molar-refractivity contribution in [2.45, 2.75) is 17.7 Å². The number of rotatable bonds is 4. The fraction of sp³-hybridized carbons (Fsp3) is 0.455. The van der Waals surface area contributed by atoms with Crippen LogP contribution >= 0.6 is 15.9 Å². The van der Waals surface area contributed by atoms with Crippen LogP contribution in [0.5, 0.6) is 0 Å². The van der Waals surface area contributed by atoms with E-state index in [-0.39, 0.29) is 5.91 Å². The molecule has 1 unspecified atom stereocenters. The summed E-state index contributed by atoms with van der Waals surface area (Å²) in [5.74, 6) is 0.701. The van der Waals surface area contributed by atoms with Crippen LogP contribution in [0.1, 0.15) is 23.2 Å². The summed E-state index contributed by atoms with van der Waals surface area (Å²) >= 11 is 3.58. The topological polar surface area (TPSA) is 42.0 Å². The van der Waals surface area contributed by atoms with Crippen molar-refractivity contribution in [3.63, 3.8) is 0 Å². The lowest BCUT2D eigenvalue weighted by atomic mass is 10.2. The smallest absolute Gasteiger partial charge is 0.252 e. The first kappa shape index (κ1) is 10.6. The second kappa shape index (κ2) is 4.75. The minimum absolute atomic E-state index is 0.0480. The van der Waals surface area contributed by atoms with Gasteiger partial charge in [-0.25, -0.2) is 0 Å². The third-order valence-corrected chi connectivity index (χ3v) is 3.59. The van der Waals surface area contributed by atoms with Crippen molar-refractivity contribution in [3.8, 4) is 0 Å². The molecule has 1 aromatic heterocycles. The lowest BCUT2D eigenvalue weighted by Crippen LogP contribution is -2.30. The third kappa shape index (κ3) is 3.02. The number of nitrogens with zero attached hydrogens (tertiary/aromatic N) is 1. The Hall–Kier alpha value is -0.900. The molecule has 1 aliphatic rings. The monoisotopic (exact) mass is 268 g/mol. The number of nitrogens with one attached hydrogen (secondary N) is 1. The van der Waals surface area contributed by atoms with Gasteiger partial charge in [0, 0.05) is 23.8 Å². The molecule has 1 aromatic rings. The molecule has 0 aromatic carbocycles. The van der Waals surface area contributed by atoms with Crippen LogP contribution in [-0.2, 0) is 0 Å². The molecule has 1 N–H and O–H groups in total. The van der Waals surface area contributed by atoms with Crippen molar-refractivity contribution in [3.05, 3.63) is 30.1 Å². The number of halogens is 1.